The van der Waals surface area contributed by atoms with Gasteiger partial charge in [-0.1, -0.05) is 48.5 Å². The van der Waals surface area contributed by atoms with Crippen LogP contribution in [0.3, 0.4) is 0 Å². The fraction of sp³-hybridized carbons (Fsp3) is 0.259. The summed E-state index contributed by atoms with van der Waals surface area (Å²) in [4.78, 5) is 20.3. The molecule has 1 aliphatic rings. The molecule has 0 unspecified atom stereocenters. The van der Waals surface area contributed by atoms with Crippen LogP contribution < -0.4 is 0 Å². The molecule has 156 valence electrons. The molecule has 4 nitrogen and oxygen atoms in total. The highest BCUT2D eigenvalue weighted by Gasteiger charge is 2.25. The predicted molar refractivity (Wildman–Crippen MR) is 123 cm³/mol. The molecule has 2 aromatic carbocycles. The molecular formula is C27H26N2O2. The van der Waals surface area contributed by atoms with Crippen molar-refractivity contribution >= 4 is 16.8 Å². The number of likely N-dealkylation sites (tertiary alicyclic amines) is 1. The van der Waals surface area contributed by atoms with Crippen molar-refractivity contribution in [3.8, 4) is 11.5 Å². The highest BCUT2D eigenvalue weighted by molar-refractivity contribution is 6.07. The maximum atomic E-state index is 13.5. The van der Waals surface area contributed by atoms with Gasteiger partial charge in [-0.3, -0.25) is 4.79 Å². The normalized spacial score (nSPS) is 14.8. The summed E-state index contributed by atoms with van der Waals surface area (Å²) in [6.07, 6.45) is 3.16. The van der Waals surface area contributed by atoms with Crippen molar-refractivity contribution in [2.75, 3.05) is 13.1 Å². The Morgan fingerprint density at radius 1 is 1.00 bits per heavy atom. The number of furan rings is 1. The molecule has 0 N–H and O–H groups in total. The van der Waals surface area contributed by atoms with Crippen LogP contribution in [0.2, 0.25) is 0 Å². The van der Waals surface area contributed by atoms with Crippen molar-refractivity contribution in [2.24, 2.45) is 5.92 Å². The smallest absolute Gasteiger partial charge is 0.254 e. The average molecular weight is 411 g/mol. The minimum atomic E-state index is 0.0845. The Hall–Kier alpha value is -3.40. The van der Waals surface area contributed by atoms with E-state index in [0.29, 0.717) is 22.9 Å². The van der Waals surface area contributed by atoms with Gasteiger partial charge in [0, 0.05) is 18.5 Å². The zero-order valence-corrected chi connectivity index (χ0v) is 17.8. The Bertz CT molecular complexity index is 1200. The van der Waals surface area contributed by atoms with Crippen LogP contribution in [0.25, 0.3) is 22.4 Å². The van der Waals surface area contributed by atoms with E-state index in [1.54, 1.807) is 0 Å². The molecule has 1 amide bonds. The largest absolute Gasteiger partial charge is 0.460 e. The van der Waals surface area contributed by atoms with Crippen molar-refractivity contribution in [1.29, 1.82) is 0 Å². The van der Waals surface area contributed by atoms with Crippen LogP contribution in [0.15, 0.2) is 77.2 Å². The van der Waals surface area contributed by atoms with Gasteiger partial charge in [0.15, 0.2) is 5.76 Å². The van der Waals surface area contributed by atoms with Crippen LogP contribution >= 0.6 is 0 Å². The number of benzene rings is 2. The molecule has 4 aromatic rings. The zero-order valence-electron chi connectivity index (χ0n) is 17.8. The van der Waals surface area contributed by atoms with E-state index in [9.17, 15) is 4.79 Å². The summed E-state index contributed by atoms with van der Waals surface area (Å²) in [6.45, 7) is 3.50. The Labute approximate surface area is 182 Å². The number of rotatable bonds is 4. The van der Waals surface area contributed by atoms with Gasteiger partial charge in [-0.05, 0) is 61.9 Å². The van der Waals surface area contributed by atoms with Crippen molar-refractivity contribution < 1.29 is 9.21 Å². The van der Waals surface area contributed by atoms with E-state index in [1.165, 1.54) is 5.56 Å². The maximum absolute atomic E-state index is 13.5. The topological polar surface area (TPSA) is 46.3 Å². The van der Waals surface area contributed by atoms with E-state index in [1.807, 2.05) is 54.3 Å². The van der Waals surface area contributed by atoms with Gasteiger partial charge in [-0.25, -0.2) is 4.98 Å². The minimum absolute atomic E-state index is 0.0845. The van der Waals surface area contributed by atoms with Gasteiger partial charge in [-0.2, -0.15) is 0 Å². The summed E-state index contributed by atoms with van der Waals surface area (Å²) in [6, 6.07) is 24.2. The first-order chi connectivity index (χ1) is 15.2. The van der Waals surface area contributed by atoms with Crippen LogP contribution in [0.5, 0.6) is 0 Å². The first-order valence-corrected chi connectivity index (χ1v) is 11.0. The molecule has 1 saturated heterocycles. The second kappa shape index (κ2) is 8.38. The van der Waals surface area contributed by atoms with E-state index >= 15 is 0 Å². The molecule has 0 radical (unpaired) electrons. The lowest BCUT2D eigenvalue weighted by Gasteiger charge is -2.32. The second-order valence-electron chi connectivity index (χ2n) is 8.41. The molecule has 1 fully saturated rings. The number of fused-ring (bicyclic) bond motifs is 1. The lowest BCUT2D eigenvalue weighted by Crippen LogP contribution is -2.39. The lowest BCUT2D eigenvalue weighted by molar-refractivity contribution is 0.0692. The number of aryl methyl sites for hydroxylation is 1. The average Bonchev–Trinajstić information content (AvgIpc) is 3.25. The summed E-state index contributed by atoms with van der Waals surface area (Å²) in [5.74, 6) is 2.24. The molecule has 0 aliphatic carbocycles. The van der Waals surface area contributed by atoms with E-state index in [0.717, 1.165) is 49.0 Å². The summed E-state index contributed by atoms with van der Waals surface area (Å²) < 4.78 is 5.78. The highest BCUT2D eigenvalue weighted by Crippen LogP contribution is 2.29. The first-order valence-electron chi connectivity index (χ1n) is 11.0. The quantitative estimate of drug-likeness (QED) is 0.421. The molecule has 1 aliphatic heterocycles. The predicted octanol–water partition coefficient (Wildman–Crippen LogP) is 5.90. The van der Waals surface area contributed by atoms with Gasteiger partial charge >= 0.3 is 0 Å². The summed E-state index contributed by atoms with van der Waals surface area (Å²) in [5.41, 5.74) is 3.60. The third-order valence-corrected chi connectivity index (χ3v) is 6.21. The van der Waals surface area contributed by atoms with Crippen molar-refractivity contribution in [3.05, 3.63) is 89.7 Å². The molecule has 0 spiro atoms. The number of carbonyl (C=O) groups is 1. The number of hydrogen-bond acceptors (Lipinski definition) is 3. The van der Waals surface area contributed by atoms with Crippen molar-refractivity contribution in [3.63, 3.8) is 0 Å². The number of piperidine rings is 1. The fourth-order valence-electron chi connectivity index (χ4n) is 4.51. The molecule has 0 atom stereocenters. The summed E-state index contributed by atoms with van der Waals surface area (Å²) >= 11 is 0. The van der Waals surface area contributed by atoms with Gasteiger partial charge in [-0.15, -0.1) is 0 Å². The lowest BCUT2D eigenvalue weighted by atomic mass is 9.90. The standard InChI is InChI=1S/C27H26N2O2/c1-19-11-12-26(31-19)25-18-23(22-9-5-6-10-24(22)28-25)27(30)29-15-13-21(14-16-29)17-20-7-3-2-4-8-20/h2-12,18,21H,13-17H2,1H3. The minimum Gasteiger partial charge on any atom is -0.460 e. The van der Waals surface area contributed by atoms with Gasteiger partial charge < -0.3 is 9.32 Å². The molecule has 0 saturated carbocycles. The van der Waals surface area contributed by atoms with Gasteiger partial charge in [0.25, 0.3) is 5.91 Å². The Kier molecular flexibility index (Phi) is 5.29. The monoisotopic (exact) mass is 410 g/mol. The molecular weight excluding hydrogens is 384 g/mol. The van der Waals surface area contributed by atoms with Crippen LogP contribution in [0.4, 0.5) is 0 Å². The Balaban J connectivity index is 1.38. The van der Waals surface area contributed by atoms with Gasteiger partial charge in [0.2, 0.25) is 0 Å². The van der Waals surface area contributed by atoms with Crippen molar-refractivity contribution in [2.45, 2.75) is 26.2 Å². The number of hydrogen-bond donors (Lipinski definition) is 0. The number of aromatic nitrogens is 1. The van der Waals surface area contributed by atoms with Gasteiger partial charge in [0.05, 0.1) is 11.1 Å². The Morgan fingerprint density at radius 2 is 1.74 bits per heavy atom. The van der Waals surface area contributed by atoms with E-state index in [2.05, 4.69) is 30.3 Å². The van der Waals surface area contributed by atoms with Crippen molar-refractivity contribution in [1.82, 2.24) is 9.88 Å². The summed E-state index contributed by atoms with van der Waals surface area (Å²) in [5, 5.41) is 0.894. The van der Waals surface area contributed by atoms with Crippen LogP contribution in [0, 0.1) is 12.8 Å². The number of nitrogens with zero attached hydrogens (tertiary/aromatic N) is 2. The molecule has 4 heteroatoms. The number of carbonyl (C=O) groups excluding carboxylic acids is 1. The van der Waals surface area contributed by atoms with E-state index < -0.39 is 0 Å². The zero-order chi connectivity index (χ0) is 21.2. The Morgan fingerprint density at radius 3 is 2.48 bits per heavy atom. The van der Waals surface area contributed by atoms with Crippen LogP contribution in [-0.4, -0.2) is 28.9 Å². The fourth-order valence-corrected chi connectivity index (χ4v) is 4.51. The van der Waals surface area contributed by atoms with Crippen LogP contribution in [-0.2, 0) is 6.42 Å². The van der Waals surface area contributed by atoms with E-state index in [-0.39, 0.29) is 5.91 Å². The van der Waals surface area contributed by atoms with Gasteiger partial charge in [0.1, 0.15) is 11.5 Å². The molecule has 0 bridgehead atoms. The number of para-hydroxylation sites is 1. The molecule has 2 aromatic heterocycles. The third-order valence-electron chi connectivity index (χ3n) is 6.21. The SMILES string of the molecule is Cc1ccc(-c2cc(C(=O)N3CCC(Cc4ccccc4)CC3)c3ccccc3n2)o1. The molecule has 5 rings (SSSR count). The molecule has 3 heterocycles. The molecule has 31 heavy (non-hydrogen) atoms. The third kappa shape index (κ3) is 4.11. The number of amides is 1. The summed E-state index contributed by atoms with van der Waals surface area (Å²) in [7, 11) is 0. The second-order valence-corrected chi connectivity index (χ2v) is 8.41. The van der Waals surface area contributed by atoms with Crippen LogP contribution in [0.1, 0.15) is 34.5 Å². The van der Waals surface area contributed by atoms with E-state index in [4.69, 9.17) is 9.40 Å². The first kappa shape index (κ1) is 19.6. The maximum Gasteiger partial charge on any atom is 0.254 e. The highest BCUT2D eigenvalue weighted by atomic mass is 16.3. The number of pyridine rings is 1.